The quantitative estimate of drug-likeness (QED) is 0.352. The number of rotatable bonds is 6. The Morgan fingerprint density at radius 2 is 1.90 bits per heavy atom. The van der Waals surface area contributed by atoms with Crippen LogP contribution in [0.2, 0.25) is 10.0 Å². The monoisotopic (exact) mass is 577 g/mol. The Kier molecular flexibility index (Phi) is 7.48. The first-order valence-corrected chi connectivity index (χ1v) is 14.1. The van der Waals surface area contributed by atoms with Gasteiger partial charge in [-0.05, 0) is 66.8 Å². The lowest BCUT2D eigenvalue weighted by Gasteiger charge is -2.50. The summed E-state index contributed by atoms with van der Waals surface area (Å²) in [6, 6.07) is 8.92. The van der Waals surface area contributed by atoms with Crippen molar-refractivity contribution in [2.75, 3.05) is 18.5 Å². The van der Waals surface area contributed by atoms with Crippen LogP contribution >= 0.6 is 23.2 Å². The van der Waals surface area contributed by atoms with Crippen molar-refractivity contribution in [3.63, 3.8) is 0 Å². The van der Waals surface area contributed by atoms with E-state index in [0.717, 1.165) is 12.8 Å². The standard InChI is InChI=1S/C29H34Cl2FN3O4/c1-27(2)9-11-28(12-10-27)29(19-7-6-16(30)14-21(19)34-26(29)39)22(18-4-3-5-20(31)23(18)32)24(35-28)25(38)33-13-8-17(37)15-36/h3-7,14,17,22,24,35-37H,8-13,15H2,1-2H3,(H,33,38)(H,34,39)/t17-,22-,24+,29?/m0/s1. The second kappa shape index (κ2) is 10.3. The van der Waals surface area contributed by atoms with Crippen LogP contribution in [-0.2, 0) is 15.0 Å². The average Bonchev–Trinajstić information content (AvgIpc) is 3.35. The van der Waals surface area contributed by atoms with E-state index in [1.807, 2.05) is 6.07 Å². The van der Waals surface area contributed by atoms with E-state index < -0.39 is 47.3 Å². The zero-order valence-electron chi connectivity index (χ0n) is 22.0. The van der Waals surface area contributed by atoms with Crippen molar-refractivity contribution in [3.05, 3.63) is 63.4 Å². The zero-order chi connectivity index (χ0) is 28.2. The lowest BCUT2D eigenvalue weighted by molar-refractivity contribution is -0.124. The van der Waals surface area contributed by atoms with E-state index >= 15 is 4.39 Å². The van der Waals surface area contributed by atoms with Crippen molar-refractivity contribution in [1.29, 1.82) is 0 Å². The molecule has 210 valence electrons. The zero-order valence-corrected chi connectivity index (χ0v) is 23.5. The predicted molar refractivity (Wildman–Crippen MR) is 149 cm³/mol. The molecule has 2 aromatic rings. The maximum atomic E-state index is 15.9. The van der Waals surface area contributed by atoms with Gasteiger partial charge < -0.3 is 20.8 Å². The fourth-order valence-corrected chi connectivity index (χ4v) is 7.33. The SMILES string of the molecule is CC1(C)CCC2(CC1)N[C@@H](C(=O)NCC[C@H](O)CO)[C@H](c1cccc(Cl)c1F)C21C(=O)Nc2cc(Cl)ccc21. The second-order valence-electron chi connectivity index (χ2n) is 11.9. The minimum Gasteiger partial charge on any atom is -0.394 e. The molecule has 1 saturated heterocycles. The largest absolute Gasteiger partial charge is 0.394 e. The molecule has 2 fully saturated rings. The number of nitrogens with one attached hydrogen (secondary N) is 3. The van der Waals surface area contributed by atoms with Crippen LogP contribution in [0.4, 0.5) is 10.1 Å². The highest BCUT2D eigenvalue weighted by molar-refractivity contribution is 6.31. The molecule has 5 rings (SSSR count). The first-order valence-electron chi connectivity index (χ1n) is 13.4. The van der Waals surface area contributed by atoms with E-state index in [1.54, 1.807) is 24.3 Å². The Labute approximate surface area is 237 Å². The lowest BCUT2D eigenvalue weighted by Crippen LogP contribution is -2.61. The smallest absolute Gasteiger partial charge is 0.237 e. The van der Waals surface area contributed by atoms with Gasteiger partial charge in [-0.3, -0.25) is 14.9 Å². The minimum atomic E-state index is -1.32. The van der Waals surface area contributed by atoms with Gasteiger partial charge in [0, 0.05) is 28.7 Å². The molecule has 1 aliphatic carbocycles. The average molecular weight is 579 g/mol. The Balaban J connectivity index is 1.71. The van der Waals surface area contributed by atoms with Crippen LogP contribution in [-0.4, -0.2) is 52.9 Å². The van der Waals surface area contributed by atoms with Gasteiger partial charge in [-0.15, -0.1) is 0 Å². The van der Waals surface area contributed by atoms with Crippen LogP contribution in [0, 0.1) is 11.2 Å². The third-order valence-electron chi connectivity index (χ3n) is 9.04. The van der Waals surface area contributed by atoms with Gasteiger partial charge in [-0.2, -0.15) is 0 Å². The van der Waals surface area contributed by atoms with Crippen molar-refractivity contribution in [2.45, 2.75) is 75.0 Å². The molecule has 4 atom stereocenters. The summed E-state index contributed by atoms with van der Waals surface area (Å²) in [7, 11) is 0. The molecular weight excluding hydrogens is 544 g/mol. The summed E-state index contributed by atoms with van der Waals surface area (Å²) in [6.07, 6.45) is 1.98. The van der Waals surface area contributed by atoms with Crippen molar-refractivity contribution in [1.82, 2.24) is 10.6 Å². The predicted octanol–water partition coefficient (Wildman–Crippen LogP) is 4.28. The molecule has 2 amide bonds. The van der Waals surface area contributed by atoms with Crippen molar-refractivity contribution < 1.29 is 24.2 Å². The molecule has 1 unspecified atom stereocenters. The van der Waals surface area contributed by atoms with E-state index in [2.05, 4.69) is 29.8 Å². The van der Waals surface area contributed by atoms with Crippen LogP contribution < -0.4 is 16.0 Å². The summed E-state index contributed by atoms with van der Waals surface area (Å²) in [6.45, 7) is 4.06. The molecule has 3 aliphatic rings. The first kappa shape index (κ1) is 28.3. The molecule has 39 heavy (non-hydrogen) atoms. The maximum Gasteiger partial charge on any atom is 0.237 e. The lowest BCUT2D eigenvalue weighted by atomic mass is 9.53. The summed E-state index contributed by atoms with van der Waals surface area (Å²) in [5.74, 6) is -2.31. The third kappa shape index (κ3) is 4.54. The third-order valence-corrected chi connectivity index (χ3v) is 9.57. The number of carbonyl (C=O) groups excluding carboxylic acids is 2. The molecule has 10 heteroatoms. The minimum absolute atomic E-state index is 0.0452. The molecular formula is C29H34Cl2FN3O4. The van der Waals surface area contributed by atoms with Gasteiger partial charge in [0.05, 0.1) is 23.8 Å². The summed E-state index contributed by atoms with van der Waals surface area (Å²) in [5.41, 5.74) is -0.703. The molecule has 0 bridgehead atoms. The molecule has 0 radical (unpaired) electrons. The number of anilines is 1. The number of halogens is 3. The highest BCUT2D eigenvalue weighted by Crippen LogP contribution is 2.64. The number of benzene rings is 2. The molecule has 2 aliphatic heterocycles. The van der Waals surface area contributed by atoms with Crippen molar-refractivity contribution in [3.8, 4) is 0 Å². The summed E-state index contributed by atoms with van der Waals surface area (Å²) < 4.78 is 15.9. The highest BCUT2D eigenvalue weighted by atomic mass is 35.5. The molecule has 0 aromatic heterocycles. The van der Waals surface area contributed by atoms with Crippen LogP contribution in [0.25, 0.3) is 0 Å². The van der Waals surface area contributed by atoms with E-state index in [9.17, 15) is 14.7 Å². The first-order chi connectivity index (χ1) is 18.5. The van der Waals surface area contributed by atoms with E-state index in [4.69, 9.17) is 28.3 Å². The number of carbonyl (C=O) groups is 2. The molecule has 2 spiro atoms. The van der Waals surface area contributed by atoms with E-state index in [0.29, 0.717) is 29.1 Å². The Bertz CT molecular complexity index is 1300. The van der Waals surface area contributed by atoms with Crippen LogP contribution in [0.3, 0.4) is 0 Å². The van der Waals surface area contributed by atoms with Crippen molar-refractivity contribution >= 4 is 40.7 Å². The molecule has 1 saturated carbocycles. The van der Waals surface area contributed by atoms with Crippen LogP contribution in [0.15, 0.2) is 36.4 Å². The van der Waals surface area contributed by atoms with E-state index in [1.165, 1.54) is 6.07 Å². The molecule has 5 N–H and O–H groups in total. The fraction of sp³-hybridized carbons (Fsp3) is 0.517. The fourth-order valence-electron chi connectivity index (χ4n) is 6.98. The number of hydrogen-bond donors (Lipinski definition) is 5. The van der Waals surface area contributed by atoms with Gasteiger partial charge in [0.2, 0.25) is 11.8 Å². The normalized spacial score (nSPS) is 27.4. The van der Waals surface area contributed by atoms with Gasteiger partial charge in [0.25, 0.3) is 0 Å². The highest BCUT2D eigenvalue weighted by Gasteiger charge is 2.72. The summed E-state index contributed by atoms with van der Waals surface area (Å²) in [5, 5.41) is 28.7. The number of hydrogen-bond acceptors (Lipinski definition) is 5. The number of aliphatic hydroxyl groups is 2. The van der Waals surface area contributed by atoms with Gasteiger partial charge in [-0.25, -0.2) is 4.39 Å². The number of fused-ring (bicyclic) bond motifs is 3. The van der Waals surface area contributed by atoms with Crippen LogP contribution in [0.5, 0.6) is 0 Å². The van der Waals surface area contributed by atoms with Gasteiger partial charge in [0.15, 0.2) is 0 Å². The Morgan fingerprint density at radius 3 is 2.59 bits per heavy atom. The van der Waals surface area contributed by atoms with Gasteiger partial charge >= 0.3 is 0 Å². The molecule has 2 aromatic carbocycles. The second-order valence-corrected chi connectivity index (χ2v) is 12.7. The maximum absolute atomic E-state index is 15.9. The molecule has 2 heterocycles. The van der Waals surface area contributed by atoms with Gasteiger partial charge in [0.1, 0.15) is 11.2 Å². The molecule has 7 nitrogen and oxygen atoms in total. The Hall–Kier alpha value is -2.23. The van der Waals surface area contributed by atoms with Crippen molar-refractivity contribution in [2.24, 2.45) is 5.41 Å². The summed E-state index contributed by atoms with van der Waals surface area (Å²) >= 11 is 12.6. The van der Waals surface area contributed by atoms with Gasteiger partial charge in [-0.1, -0.05) is 55.2 Å². The number of aliphatic hydroxyl groups excluding tert-OH is 2. The summed E-state index contributed by atoms with van der Waals surface area (Å²) in [4.78, 5) is 28.2. The number of amides is 2. The van der Waals surface area contributed by atoms with Crippen LogP contribution in [0.1, 0.15) is 63.0 Å². The topological polar surface area (TPSA) is 111 Å². The Morgan fingerprint density at radius 1 is 1.18 bits per heavy atom. The van der Waals surface area contributed by atoms with E-state index in [-0.39, 0.29) is 34.9 Å².